The van der Waals surface area contributed by atoms with Crippen LogP contribution in [-0.2, 0) is 6.42 Å². The molecular weight excluding hydrogens is 412 g/mol. The van der Waals surface area contributed by atoms with Crippen LogP contribution in [0.25, 0.3) is 33.4 Å². The molecule has 0 aliphatic heterocycles. The van der Waals surface area contributed by atoms with Crippen LogP contribution in [-0.4, -0.2) is 10.6 Å². The van der Waals surface area contributed by atoms with Crippen molar-refractivity contribution in [2.45, 2.75) is 25.8 Å². The standard InChI is InChI=1S/C29H25ClN2/c1-19-8-7-13-25(29(19)30)31-21-15-16-24-27(18-21)32(22-10-3-2-4-11-22)26-17-14-20-9-5-6-12-23(20)28(24)26/h2-7,9-17,19,21,31H,8,18H2,1H3/t19-,21?/m1/s1. The number of hydrogen-bond acceptors (Lipinski definition) is 1. The van der Waals surface area contributed by atoms with E-state index < -0.39 is 0 Å². The lowest BCUT2D eigenvalue weighted by Gasteiger charge is -2.25. The van der Waals surface area contributed by atoms with Crippen molar-refractivity contribution >= 4 is 39.4 Å². The average molecular weight is 437 g/mol. The highest BCUT2D eigenvalue weighted by Gasteiger charge is 2.25. The van der Waals surface area contributed by atoms with Gasteiger partial charge in [-0.25, -0.2) is 0 Å². The van der Waals surface area contributed by atoms with E-state index in [4.69, 9.17) is 11.6 Å². The quantitative estimate of drug-likeness (QED) is 0.355. The lowest BCUT2D eigenvalue weighted by molar-refractivity contribution is 0.628. The van der Waals surface area contributed by atoms with E-state index in [1.54, 1.807) is 0 Å². The summed E-state index contributed by atoms with van der Waals surface area (Å²) < 4.78 is 2.44. The molecule has 0 bridgehead atoms. The van der Waals surface area contributed by atoms with E-state index in [9.17, 15) is 0 Å². The first-order chi connectivity index (χ1) is 15.7. The Morgan fingerprint density at radius 2 is 1.75 bits per heavy atom. The third-order valence-electron chi connectivity index (χ3n) is 6.73. The summed E-state index contributed by atoms with van der Waals surface area (Å²) in [4.78, 5) is 0. The van der Waals surface area contributed by atoms with Crippen LogP contribution in [0.3, 0.4) is 0 Å². The van der Waals surface area contributed by atoms with Gasteiger partial charge in [0.2, 0.25) is 0 Å². The van der Waals surface area contributed by atoms with Crippen molar-refractivity contribution in [1.29, 1.82) is 0 Å². The van der Waals surface area contributed by atoms with Gasteiger partial charge in [0.1, 0.15) is 0 Å². The molecular formula is C29H25ClN2. The molecule has 3 heteroatoms. The lowest BCUT2D eigenvalue weighted by Crippen LogP contribution is -2.32. The molecule has 158 valence electrons. The Kier molecular flexibility index (Phi) is 4.69. The molecule has 4 aromatic rings. The molecule has 0 fully saturated rings. The molecule has 1 aromatic heterocycles. The SMILES string of the molecule is C[C@@H]1CC=CC(NC2C=Cc3c(n(-c4ccccc4)c4ccc5ccccc5c34)C2)=C1Cl. The van der Waals surface area contributed by atoms with Gasteiger partial charge in [-0.3, -0.25) is 0 Å². The van der Waals surface area contributed by atoms with Crippen LogP contribution < -0.4 is 5.32 Å². The van der Waals surface area contributed by atoms with Gasteiger partial charge in [0.15, 0.2) is 0 Å². The van der Waals surface area contributed by atoms with Crippen molar-refractivity contribution in [2.75, 3.05) is 0 Å². The summed E-state index contributed by atoms with van der Waals surface area (Å²) in [7, 11) is 0. The average Bonchev–Trinajstić information content (AvgIpc) is 3.16. The minimum absolute atomic E-state index is 0.194. The topological polar surface area (TPSA) is 17.0 Å². The molecule has 0 spiro atoms. The van der Waals surface area contributed by atoms with Crippen molar-refractivity contribution in [3.05, 3.63) is 107 Å². The molecule has 32 heavy (non-hydrogen) atoms. The molecule has 1 unspecified atom stereocenters. The number of fused-ring (bicyclic) bond motifs is 5. The fraction of sp³-hybridized carbons (Fsp3) is 0.172. The molecule has 2 nitrogen and oxygen atoms in total. The fourth-order valence-corrected chi connectivity index (χ4v) is 5.34. The van der Waals surface area contributed by atoms with Crippen molar-refractivity contribution in [2.24, 2.45) is 5.92 Å². The molecule has 2 atom stereocenters. The Bertz CT molecular complexity index is 1420. The number of hydrogen-bond donors (Lipinski definition) is 1. The molecule has 2 aliphatic carbocycles. The Balaban J connectivity index is 1.52. The molecule has 6 rings (SSSR count). The van der Waals surface area contributed by atoms with Crippen LogP contribution in [0.5, 0.6) is 0 Å². The van der Waals surface area contributed by atoms with E-state index in [0.29, 0.717) is 5.92 Å². The maximum Gasteiger partial charge on any atom is 0.0544 e. The molecule has 1 heterocycles. The second kappa shape index (κ2) is 7.72. The highest BCUT2D eigenvalue weighted by molar-refractivity contribution is 6.30. The molecule has 0 saturated carbocycles. The Hall–Kier alpha value is -3.23. The Labute approximate surface area is 193 Å². The summed E-state index contributed by atoms with van der Waals surface area (Å²) in [6.45, 7) is 2.18. The molecule has 0 saturated heterocycles. The van der Waals surface area contributed by atoms with E-state index in [0.717, 1.165) is 23.6 Å². The smallest absolute Gasteiger partial charge is 0.0544 e. The summed E-state index contributed by atoms with van der Waals surface area (Å²) in [5.74, 6) is 0.370. The van der Waals surface area contributed by atoms with Crippen LogP contribution >= 0.6 is 11.6 Å². The van der Waals surface area contributed by atoms with Crippen LogP contribution in [0.15, 0.2) is 95.7 Å². The number of para-hydroxylation sites is 1. The zero-order chi connectivity index (χ0) is 21.7. The molecule has 1 N–H and O–H groups in total. The van der Waals surface area contributed by atoms with Crippen molar-refractivity contribution in [1.82, 2.24) is 9.88 Å². The third kappa shape index (κ3) is 3.10. The van der Waals surface area contributed by atoms with Gasteiger partial charge in [-0.05, 0) is 47.4 Å². The largest absolute Gasteiger partial charge is 0.378 e. The van der Waals surface area contributed by atoms with Gasteiger partial charge in [-0.1, -0.05) is 85.3 Å². The fourth-order valence-electron chi connectivity index (χ4n) is 5.14. The van der Waals surface area contributed by atoms with Gasteiger partial charge >= 0.3 is 0 Å². The zero-order valence-electron chi connectivity index (χ0n) is 18.1. The Morgan fingerprint density at radius 3 is 2.62 bits per heavy atom. The van der Waals surface area contributed by atoms with Gasteiger partial charge in [-0.15, -0.1) is 0 Å². The maximum absolute atomic E-state index is 6.65. The highest BCUT2D eigenvalue weighted by atomic mass is 35.5. The van der Waals surface area contributed by atoms with Crippen LogP contribution in [0.2, 0.25) is 0 Å². The van der Waals surface area contributed by atoms with Gasteiger partial charge < -0.3 is 9.88 Å². The first kappa shape index (κ1) is 19.5. The molecule has 3 aromatic carbocycles. The lowest BCUT2D eigenvalue weighted by atomic mass is 9.95. The summed E-state index contributed by atoms with van der Waals surface area (Å²) in [5, 5.41) is 8.55. The van der Waals surface area contributed by atoms with Gasteiger partial charge in [0.05, 0.1) is 11.6 Å². The van der Waals surface area contributed by atoms with E-state index in [-0.39, 0.29) is 6.04 Å². The van der Waals surface area contributed by atoms with Crippen molar-refractivity contribution in [3.8, 4) is 5.69 Å². The van der Waals surface area contributed by atoms with E-state index in [1.807, 2.05) is 0 Å². The normalized spacial score (nSPS) is 20.2. The van der Waals surface area contributed by atoms with Crippen LogP contribution in [0, 0.1) is 5.92 Å². The molecule has 0 amide bonds. The maximum atomic E-state index is 6.65. The monoisotopic (exact) mass is 436 g/mol. The number of aromatic nitrogens is 1. The van der Waals surface area contributed by atoms with E-state index in [1.165, 1.54) is 38.6 Å². The van der Waals surface area contributed by atoms with Gasteiger partial charge in [0.25, 0.3) is 0 Å². The highest BCUT2D eigenvalue weighted by Crippen LogP contribution is 2.38. The number of halogens is 1. The van der Waals surface area contributed by atoms with E-state index >= 15 is 0 Å². The van der Waals surface area contributed by atoms with Gasteiger partial charge in [0, 0.05) is 39.5 Å². The molecule has 0 radical (unpaired) electrons. The first-order valence-electron chi connectivity index (χ1n) is 11.3. The predicted molar refractivity (Wildman–Crippen MR) is 136 cm³/mol. The summed E-state index contributed by atoms with van der Waals surface area (Å²) in [6.07, 6.45) is 10.8. The molecule has 2 aliphatic rings. The van der Waals surface area contributed by atoms with E-state index in [2.05, 4.69) is 108 Å². The van der Waals surface area contributed by atoms with Crippen molar-refractivity contribution < 1.29 is 0 Å². The predicted octanol–water partition coefficient (Wildman–Crippen LogP) is 7.36. The number of nitrogens with zero attached hydrogens (tertiary/aromatic N) is 1. The van der Waals surface area contributed by atoms with Crippen LogP contribution in [0.4, 0.5) is 0 Å². The second-order valence-corrected chi connectivity index (χ2v) is 9.23. The number of nitrogens with one attached hydrogen (secondary N) is 1. The number of benzene rings is 3. The minimum Gasteiger partial charge on any atom is -0.378 e. The van der Waals surface area contributed by atoms with Crippen LogP contribution in [0.1, 0.15) is 24.6 Å². The first-order valence-corrected chi connectivity index (χ1v) is 11.7. The Morgan fingerprint density at radius 1 is 0.938 bits per heavy atom. The summed E-state index contributed by atoms with van der Waals surface area (Å²) in [6, 6.07) is 24.1. The number of allylic oxidation sites excluding steroid dienone is 3. The second-order valence-electron chi connectivity index (χ2n) is 8.83. The van der Waals surface area contributed by atoms with Crippen molar-refractivity contribution in [3.63, 3.8) is 0 Å². The number of rotatable bonds is 3. The zero-order valence-corrected chi connectivity index (χ0v) is 18.8. The van der Waals surface area contributed by atoms with Gasteiger partial charge in [-0.2, -0.15) is 0 Å². The summed E-state index contributed by atoms with van der Waals surface area (Å²) >= 11 is 6.65. The third-order valence-corrected chi connectivity index (χ3v) is 7.30. The summed E-state index contributed by atoms with van der Waals surface area (Å²) in [5.41, 5.74) is 6.18. The minimum atomic E-state index is 0.194.